The van der Waals surface area contributed by atoms with Crippen molar-refractivity contribution >= 4 is 6.08 Å². The maximum atomic E-state index is 9.89. The van der Waals surface area contributed by atoms with Gasteiger partial charge in [-0.3, -0.25) is 9.80 Å². The van der Waals surface area contributed by atoms with Gasteiger partial charge in [0.25, 0.3) is 0 Å². The summed E-state index contributed by atoms with van der Waals surface area (Å²) in [5.41, 5.74) is 2.37. The van der Waals surface area contributed by atoms with E-state index in [1.54, 1.807) is 13.2 Å². The molecule has 1 aliphatic heterocycles. The second-order valence-electron chi connectivity index (χ2n) is 6.40. The number of ether oxygens (including phenoxy) is 1. The van der Waals surface area contributed by atoms with Gasteiger partial charge in [-0.25, -0.2) is 0 Å². The predicted molar refractivity (Wildman–Crippen MR) is 102 cm³/mol. The molecule has 0 unspecified atom stereocenters. The van der Waals surface area contributed by atoms with Crippen LogP contribution in [-0.4, -0.2) is 54.7 Å². The zero-order chi connectivity index (χ0) is 17.5. The molecule has 4 nitrogen and oxygen atoms in total. The van der Waals surface area contributed by atoms with Crippen LogP contribution in [0.4, 0.5) is 0 Å². The Kier molecular flexibility index (Phi) is 6.09. The molecule has 0 aromatic heterocycles. The van der Waals surface area contributed by atoms with Crippen LogP contribution in [0.25, 0.3) is 6.08 Å². The van der Waals surface area contributed by atoms with E-state index >= 15 is 0 Å². The molecule has 132 valence electrons. The SMILES string of the molecule is COc1ccc(CN2CCN(CC=Cc3ccccc3)CC2)cc1O. The van der Waals surface area contributed by atoms with E-state index in [0.29, 0.717) is 5.75 Å². The van der Waals surface area contributed by atoms with Crippen LogP contribution < -0.4 is 4.74 Å². The topological polar surface area (TPSA) is 35.9 Å². The first-order valence-electron chi connectivity index (χ1n) is 8.77. The third-order valence-corrected chi connectivity index (χ3v) is 4.59. The van der Waals surface area contributed by atoms with Gasteiger partial charge in [0.05, 0.1) is 7.11 Å². The Hall–Kier alpha value is -2.30. The van der Waals surface area contributed by atoms with Crippen LogP contribution >= 0.6 is 0 Å². The summed E-state index contributed by atoms with van der Waals surface area (Å²) in [4.78, 5) is 4.90. The Labute approximate surface area is 150 Å². The Balaban J connectivity index is 1.44. The van der Waals surface area contributed by atoms with Crippen molar-refractivity contribution in [2.24, 2.45) is 0 Å². The van der Waals surface area contributed by atoms with Gasteiger partial charge < -0.3 is 9.84 Å². The van der Waals surface area contributed by atoms with Gasteiger partial charge in [0, 0.05) is 39.3 Å². The van der Waals surface area contributed by atoms with Crippen molar-refractivity contribution in [1.82, 2.24) is 9.80 Å². The van der Waals surface area contributed by atoms with Crippen molar-refractivity contribution in [2.45, 2.75) is 6.54 Å². The Bertz CT molecular complexity index is 692. The van der Waals surface area contributed by atoms with Crippen molar-refractivity contribution in [3.63, 3.8) is 0 Å². The van der Waals surface area contributed by atoms with Crippen LogP contribution in [0, 0.1) is 0 Å². The van der Waals surface area contributed by atoms with Gasteiger partial charge in [-0.05, 0) is 23.3 Å². The number of benzene rings is 2. The maximum absolute atomic E-state index is 9.89. The van der Waals surface area contributed by atoms with Crippen LogP contribution in [-0.2, 0) is 6.54 Å². The summed E-state index contributed by atoms with van der Waals surface area (Å²) in [7, 11) is 1.57. The minimum Gasteiger partial charge on any atom is -0.504 e. The number of aromatic hydroxyl groups is 1. The molecule has 2 aromatic carbocycles. The fourth-order valence-electron chi connectivity index (χ4n) is 3.12. The molecule has 1 aliphatic rings. The van der Waals surface area contributed by atoms with E-state index in [0.717, 1.165) is 44.8 Å². The molecule has 0 radical (unpaired) electrons. The quantitative estimate of drug-likeness (QED) is 0.877. The number of hydrogen-bond donors (Lipinski definition) is 1. The first kappa shape index (κ1) is 17.5. The fourth-order valence-corrected chi connectivity index (χ4v) is 3.12. The van der Waals surface area contributed by atoms with E-state index in [1.165, 1.54) is 5.56 Å². The average Bonchev–Trinajstić information content (AvgIpc) is 2.64. The first-order chi connectivity index (χ1) is 12.2. The smallest absolute Gasteiger partial charge is 0.160 e. The van der Waals surface area contributed by atoms with Gasteiger partial charge in [-0.1, -0.05) is 48.6 Å². The number of methoxy groups -OCH3 is 1. The van der Waals surface area contributed by atoms with Crippen molar-refractivity contribution in [1.29, 1.82) is 0 Å². The molecule has 1 fully saturated rings. The van der Waals surface area contributed by atoms with Crippen LogP contribution in [0.2, 0.25) is 0 Å². The normalized spacial score (nSPS) is 16.4. The molecule has 4 heteroatoms. The summed E-state index contributed by atoms with van der Waals surface area (Å²) in [5.74, 6) is 0.739. The highest BCUT2D eigenvalue weighted by molar-refractivity contribution is 5.48. The Morgan fingerprint density at radius 1 is 1.00 bits per heavy atom. The highest BCUT2D eigenvalue weighted by Gasteiger charge is 2.16. The molecule has 0 aliphatic carbocycles. The third kappa shape index (κ3) is 5.08. The molecule has 25 heavy (non-hydrogen) atoms. The van der Waals surface area contributed by atoms with Gasteiger partial charge in [0.2, 0.25) is 0 Å². The van der Waals surface area contributed by atoms with E-state index in [4.69, 9.17) is 4.74 Å². The summed E-state index contributed by atoms with van der Waals surface area (Å²) in [6, 6.07) is 16.1. The number of piperazine rings is 1. The molecular formula is C21H26N2O2. The fraction of sp³-hybridized carbons (Fsp3) is 0.333. The summed E-state index contributed by atoms with van der Waals surface area (Å²) >= 11 is 0. The zero-order valence-corrected chi connectivity index (χ0v) is 14.8. The summed E-state index contributed by atoms with van der Waals surface area (Å²) < 4.78 is 5.10. The van der Waals surface area contributed by atoms with Gasteiger partial charge in [0.1, 0.15) is 0 Å². The lowest BCUT2D eigenvalue weighted by Gasteiger charge is -2.34. The lowest BCUT2D eigenvalue weighted by atomic mass is 10.1. The molecule has 0 saturated carbocycles. The predicted octanol–water partition coefficient (Wildman–Crippen LogP) is 3.23. The van der Waals surface area contributed by atoms with Gasteiger partial charge in [0.15, 0.2) is 11.5 Å². The lowest BCUT2D eigenvalue weighted by Crippen LogP contribution is -2.45. The summed E-state index contributed by atoms with van der Waals surface area (Å²) in [6.07, 6.45) is 4.43. The molecule has 0 amide bonds. The van der Waals surface area contributed by atoms with Crippen molar-refractivity contribution in [3.05, 3.63) is 65.7 Å². The van der Waals surface area contributed by atoms with E-state index in [9.17, 15) is 5.11 Å². The minimum absolute atomic E-state index is 0.213. The largest absolute Gasteiger partial charge is 0.504 e. The molecular weight excluding hydrogens is 312 g/mol. The third-order valence-electron chi connectivity index (χ3n) is 4.59. The number of phenols is 1. The van der Waals surface area contributed by atoms with Crippen molar-refractivity contribution in [2.75, 3.05) is 39.8 Å². The minimum atomic E-state index is 0.213. The highest BCUT2D eigenvalue weighted by atomic mass is 16.5. The Morgan fingerprint density at radius 2 is 1.72 bits per heavy atom. The van der Waals surface area contributed by atoms with Crippen molar-refractivity contribution < 1.29 is 9.84 Å². The van der Waals surface area contributed by atoms with Gasteiger partial charge in [-0.15, -0.1) is 0 Å². The standard InChI is InChI=1S/C21H26N2O2/c1-25-21-10-9-19(16-20(21)24)17-23-14-12-22(13-15-23)11-5-8-18-6-3-2-4-7-18/h2-10,16,24H,11-15,17H2,1H3. The molecule has 2 aromatic rings. The van der Waals surface area contributed by atoms with Crippen LogP contribution in [0.15, 0.2) is 54.6 Å². The van der Waals surface area contributed by atoms with E-state index in [-0.39, 0.29) is 5.75 Å². The lowest BCUT2D eigenvalue weighted by molar-refractivity contribution is 0.137. The summed E-state index contributed by atoms with van der Waals surface area (Å²) in [5, 5.41) is 9.89. The second kappa shape index (κ2) is 8.70. The molecule has 0 atom stereocenters. The molecule has 1 heterocycles. The van der Waals surface area contributed by atoms with E-state index in [1.807, 2.05) is 18.2 Å². The number of nitrogens with zero attached hydrogens (tertiary/aromatic N) is 2. The monoisotopic (exact) mass is 338 g/mol. The van der Waals surface area contributed by atoms with Gasteiger partial charge in [-0.2, -0.15) is 0 Å². The first-order valence-corrected chi connectivity index (χ1v) is 8.77. The highest BCUT2D eigenvalue weighted by Crippen LogP contribution is 2.26. The number of hydrogen-bond acceptors (Lipinski definition) is 4. The molecule has 0 spiro atoms. The molecule has 0 bridgehead atoms. The second-order valence-corrected chi connectivity index (χ2v) is 6.40. The maximum Gasteiger partial charge on any atom is 0.160 e. The molecule has 1 N–H and O–H groups in total. The molecule has 1 saturated heterocycles. The number of rotatable bonds is 6. The van der Waals surface area contributed by atoms with Crippen LogP contribution in [0.5, 0.6) is 11.5 Å². The van der Waals surface area contributed by atoms with Gasteiger partial charge >= 0.3 is 0 Å². The van der Waals surface area contributed by atoms with Crippen LogP contribution in [0.1, 0.15) is 11.1 Å². The average molecular weight is 338 g/mol. The zero-order valence-electron chi connectivity index (χ0n) is 14.8. The van der Waals surface area contributed by atoms with Crippen molar-refractivity contribution in [3.8, 4) is 11.5 Å². The summed E-state index contributed by atoms with van der Waals surface area (Å²) in [6.45, 7) is 6.10. The van der Waals surface area contributed by atoms with E-state index < -0.39 is 0 Å². The van der Waals surface area contributed by atoms with E-state index in [2.05, 4.69) is 46.2 Å². The molecule has 3 rings (SSSR count). The van der Waals surface area contributed by atoms with Crippen LogP contribution in [0.3, 0.4) is 0 Å². The number of phenolic OH excluding ortho intramolecular Hbond substituents is 1. The Morgan fingerprint density at radius 3 is 2.40 bits per heavy atom.